The van der Waals surface area contributed by atoms with E-state index in [0.717, 1.165) is 43.3 Å². The minimum absolute atomic E-state index is 0.239. The van der Waals surface area contributed by atoms with E-state index in [1.807, 2.05) is 6.92 Å². The lowest BCUT2D eigenvalue weighted by Gasteiger charge is -2.35. The fraction of sp³-hybridized carbons (Fsp3) is 0.389. The van der Waals surface area contributed by atoms with Gasteiger partial charge in [0.2, 0.25) is 5.89 Å². The maximum absolute atomic E-state index is 13.7. The number of fused-ring (bicyclic) bond motifs is 1. The molecular weight excluding hydrogens is 321 g/mol. The SMILES string of the molecule is Cc1ncnc(N2CCN(Cc3nc4cccc(F)c4o3)CC2)c1C. The molecule has 0 spiro atoms. The van der Waals surface area contributed by atoms with Crippen LogP contribution in [-0.4, -0.2) is 46.0 Å². The van der Waals surface area contributed by atoms with E-state index < -0.39 is 0 Å². The Labute approximate surface area is 145 Å². The fourth-order valence-corrected chi connectivity index (χ4v) is 3.18. The molecule has 1 aliphatic rings. The molecule has 0 bridgehead atoms. The van der Waals surface area contributed by atoms with Crippen LogP contribution in [0, 0.1) is 19.7 Å². The molecule has 2 aromatic heterocycles. The van der Waals surface area contributed by atoms with Gasteiger partial charge in [0.05, 0.1) is 6.54 Å². The van der Waals surface area contributed by atoms with Crippen LogP contribution in [0.4, 0.5) is 10.2 Å². The largest absolute Gasteiger partial charge is 0.436 e. The Hall–Kier alpha value is -2.54. The van der Waals surface area contributed by atoms with E-state index in [4.69, 9.17) is 4.42 Å². The van der Waals surface area contributed by atoms with Gasteiger partial charge in [-0.1, -0.05) is 6.07 Å². The lowest BCUT2D eigenvalue weighted by atomic mass is 10.2. The van der Waals surface area contributed by atoms with Crippen molar-refractivity contribution >= 4 is 16.9 Å². The second-order valence-electron chi connectivity index (χ2n) is 6.37. The van der Waals surface area contributed by atoms with Gasteiger partial charge < -0.3 is 9.32 Å². The van der Waals surface area contributed by atoms with Crippen LogP contribution in [0.15, 0.2) is 28.9 Å². The number of nitrogens with zero attached hydrogens (tertiary/aromatic N) is 5. The van der Waals surface area contributed by atoms with Gasteiger partial charge in [-0.25, -0.2) is 19.3 Å². The van der Waals surface area contributed by atoms with E-state index in [-0.39, 0.29) is 11.4 Å². The van der Waals surface area contributed by atoms with E-state index in [1.54, 1.807) is 18.5 Å². The number of rotatable bonds is 3. The molecule has 1 aromatic carbocycles. The molecule has 0 N–H and O–H groups in total. The summed E-state index contributed by atoms with van der Waals surface area (Å²) >= 11 is 0. The minimum atomic E-state index is -0.365. The quantitative estimate of drug-likeness (QED) is 0.730. The van der Waals surface area contributed by atoms with Crippen LogP contribution < -0.4 is 4.90 Å². The van der Waals surface area contributed by atoms with Crippen molar-refractivity contribution in [1.82, 2.24) is 19.9 Å². The molecule has 0 saturated carbocycles. The maximum atomic E-state index is 13.7. The van der Waals surface area contributed by atoms with E-state index in [0.29, 0.717) is 18.0 Å². The summed E-state index contributed by atoms with van der Waals surface area (Å²) in [7, 11) is 0. The van der Waals surface area contributed by atoms with Gasteiger partial charge >= 0.3 is 0 Å². The van der Waals surface area contributed by atoms with Crippen LogP contribution >= 0.6 is 0 Å². The molecule has 3 aromatic rings. The number of hydrogen-bond acceptors (Lipinski definition) is 6. The Morgan fingerprint density at radius 1 is 1.12 bits per heavy atom. The van der Waals surface area contributed by atoms with Crippen molar-refractivity contribution in [3.05, 3.63) is 47.5 Å². The minimum Gasteiger partial charge on any atom is -0.436 e. The lowest BCUT2D eigenvalue weighted by molar-refractivity contribution is 0.227. The Bertz CT molecular complexity index is 902. The van der Waals surface area contributed by atoms with E-state index in [1.165, 1.54) is 6.07 Å². The summed E-state index contributed by atoms with van der Waals surface area (Å²) in [5.41, 5.74) is 2.95. The van der Waals surface area contributed by atoms with E-state index >= 15 is 0 Å². The summed E-state index contributed by atoms with van der Waals surface area (Å²) in [5.74, 6) is 1.20. The van der Waals surface area contributed by atoms with Gasteiger partial charge in [0.15, 0.2) is 11.4 Å². The van der Waals surface area contributed by atoms with Crippen molar-refractivity contribution in [2.24, 2.45) is 0 Å². The number of aromatic nitrogens is 3. The van der Waals surface area contributed by atoms with Crippen molar-refractivity contribution in [2.45, 2.75) is 20.4 Å². The molecule has 1 fully saturated rings. The van der Waals surface area contributed by atoms with Crippen molar-refractivity contribution in [3.63, 3.8) is 0 Å². The van der Waals surface area contributed by atoms with Crippen molar-refractivity contribution in [1.29, 1.82) is 0 Å². The fourth-order valence-electron chi connectivity index (χ4n) is 3.18. The van der Waals surface area contributed by atoms with Gasteiger partial charge in [-0.15, -0.1) is 0 Å². The number of halogens is 1. The molecule has 0 atom stereocenters. The zero-order valence-corrected chi connectivity index (χ0v) is 14.4. The van der Waals surface area contributed by atoms with Crippen LogP contribution in [0.5, 0.6) is 0 Å². The Kier molecular flexibility index (Phi) is 4.09. The Morgan fingerprint density at radius 3 is 2.68 bits per heavy atom. The third-order valence-electron chi connectivity index (χ3n) is 4.75. The third kappa shape index (κ3) is 3.07. The summed E-state index contributed by atoms with van der Waals surface area (Å²) in [5, 5.41) is 0. The van der Waals surface area contributed by atoms with Crippen LogP contribution in [0.1, 0.15) is 17.1 Å². The van der Waals surface area contributed by atoms with Gasteiger partial charge in [0, 0.05) is 37.4 Å². The first-order valence-electron chi connectivity index (χ1n) is 8.41. The zero-order valence-electron chi connectivity index (χ0n) is 14.4. The first kappa shape index (κ1) is 16.0. The number of hydrogen-bond donors (Lipinski definition) is 0. The number of piperazine rings is 1. The second-order valence-corrected chi connectivity index (χ2v) is 6.37. The van der Waals surface area contributed by atoms with E-state index in [9.17, 15) is 4.39 Å². The monoisotopic (exact) mass is 341 g/mol. The van der Waals surface area contributed by atoms with Crippen LogP contribution in [0.2, 0.25) is 0 Å². The summed E-state index contributed by atoms with van der Waals surface area (Å²) in [6.45, 7) is 8.17. The van der Waals surface area contributed by atoms with Crippen LogP contribution in [0.25, 0.3) is 11.1 Å². The van der Waals surface area contributed by atoms with Gasteiger partial charge in [-0.05, 0) is 26.0 Å². The molecule has 6 nitrogen and oxygen atoms in total. The van der Waals surface area contributed by atoms with Crippen LogP contribution in [-0.2, 0) is 6.54 Å². The molecule has 3 heterocycles. The van der Waals surface area contributed by atoms with Gasteiger partial charge in [0.25, 0.3) is 0 Å². The highest BCUT2D eigenvalue weighted by atomic mass is 19.1. The molecule has 0 aliphatic carbocycles. The zero-order chi connectivity index (χ0) is 17.4. The predicted molar refractivity (Wildman–Crippen MR) is 93.0 cm³/mol. The van der Waals surface area contributed by atoms with Gasteiger partial charge in [-0.2, -0.15) is 0 Å². The first-order chi connectivity index (χ1) is 12.1. The Balaban J connectivity index is 1.43. The van der Waals surface area contributed by atoms with Gasteiger partial charge in [0.1, 0.15) is 17.7 Å². The molecule has 7 heteroatoms. The standard InChI is InChI=1S/C18H20FN5O/c1-12-13(2)20-11-21-18(12)24-8-6-23(7-9-24)10-16-22-15-5-3-4-14(19)17(15)25-16/h3-5,11H,6-10H2,1-2H3. The average Bonchev–Trinajstić information content (AvgIpc) is 3.02. The maximum Gasteiger partial charge on any atom is 0.209 e. The topological polar surface area (TPSA) is 58.3 Å². The lowest BCUT2D eigenvalue weighted by Crippen LogP contribution is -2.46. The Morgan fingerprint density at radius 2 is 1.92 bits per heavy atom. The number of oxazole rings is 1. The van der Waals surface area contributed by atoms with Crippen molar-refractivity contribution in [3.8, 4) is 0 Å². The van der Waals surface area contributed by atoms with Gasteiger partial charge in [-0.3, -0.25) is 4.90 Å². The number of para-hydroxylation sites is 1. The normalized spacial score (nSPS) is 15.9. The molecule has 1 saturated heterocycles. The number of benzene rings is 1. The molecule has 4 rings (SSSR count). The van der Waals surface area contributed by atoms with Crippen LogP contribution in [0.3, 0.4) is 0 Å². The molecule has 0 amide bonds. The molecule has 0 unspecified atom stereocenters. The molecule has 1 aliphatic heterocycles. The van der Waals surface area contributed by atoms with Crippen molar-refractivity contribution in [2.75, 3.05) is 31.1 Å². The number of anilines is 1. The predicted octanol–water partition coefficient (Wildman–Crippen LogP) is 2.70. The third-order valence-corrected chi connectivity index (χ3v) is 4.75. The number of aryl methyl sites for hydroxylation is 1. The molecule has 130 valence electrons. The highest BCUT2D eigenvalue weighted by molar-refractivity contribution is 5.72. The summed E-state index contributed by atoms with van der Waals surface area (Å²) < 4.78 is 19.3. The summed E-state index contributed by atoms with van der Waals surface area (Å²) in [6.07, 6.45) is 1.62. The second kappa shape index (κ2) is 6.40. The van der Waals surface area contributed by atoms with E-state index in [2.05, 4.69) is 31.7 Å². The summed E-state index contributed by atoms with van der Waals surface area (Å²) in [6, 6.07) is 4.81. The smallest absolute Gasteiger partial charge is 0.209 e. The average molecular weight is 341 g/mol. The molecular formula is C18H20FN5O. The molecule has 25 heavy (non-hydrogen) atoms. The highest BCUT2D eigenvalue weighted by Gasteiger charge is 2.21. The van der Waals surface area contributed by atoms with Crippen molar-refractivity contribution < 1.29 is 8.81 Å². The first-order valence-corrected chi connectivity index (χ1v) is 8.41. The molecule has 0 radical (unpaired) electrons. The summed E-state index contributed by atoms with van der Waals surface area (Å²) in [4.78, 5) is 17.6. The highest BCUT2D eigenvalue weighted by Crippen LogP contribution is 2.22.